The predicted octanol–water partition coefficient (Wildman–Crippen LogP) is 3.31. The van der Waals surface area contributed by atoms with Crippen LogP contribution in [0.15, 0.2) is 5.38 Å². The molecule has 108 valence electrons. The van der Waals surface area contributed by atoms with Gasteiger partial charge in [-0.05, 0) is 56.3 Å². The summed E-state index contributed by atoms with van der Waals surface area (Å²) in [7, 11) is 1.40. The molecule has 4 saturated carbocycles. The number of hydrogen-bond acceptors (Lipinski definition) is 5. The van der Waals surface area contributed by atoms with Gasteiger partial charge < -0.3 is 10.1 Å². The number of ether oxygens (including phenoxy) is 1. The SMILES string of the molecule is COC(=O)c1csc(NC23CC4CC(CC(C4)C2)C3)n1. The Balaban J connectivity index is 1.54. The smallest absolute Gasteiger partial charge is 0.357 e. The average Bonchev–Trinajstić information content (AvgIpc) is 2.83. The number of anilines is 1. The van der Waals surface area contributed by atoms with Crippen molar-refractivity contribution in [3.05, 3.63) is 11.1 Å². The first-order valence-corrected chi connectivity index (χ1v) is 8.36. The van der Waals surface area contributed by atoms with Crippen LogP contribution < -0.4 is 5.32 Å². The minimum atomic E-state index is -0.347. The third-order valence-corrected chi connectivity index (χ3v) is 6.07. The second kappa shape index (κ2) is 4.45. The van der Waals surface area contributed by atoms with Gasteiger partial charge in [-0.15, -0.1) is 11.3 Å². The lowest BCUT2D eigenvalue weighted by molar-refractivity contribution is 0.0107. The van der Waals surface area contributed by atoms with Crippen molar-refractivity contribution < 1.29 is 9.53 Å². The lowest BCUT2D eigenvalue weighted by Crippen LogP contribution is -2.54. The third kappa shape index (κ3) is 2.03. The lowest BCUT2D eigenvalue weighted by Gasteiger charge is -2.56. The summed E-state index contributed by atoms with van der Waals surface area (Å²) in [4.78, 5) is 15.9. The molecule has 4 fully saturated rings. The number of carbonyl (C=O) groups is 1. The van der Waals surface area contributed by atoms with Gasteiger partial charge in [0.2, 0.25) is 0 Å². The topological polar surface area (TPSA) is 51.2 Å². The highest BCUT2D eigenvalue weighted by molar-refractivity contribution is 7.13. The molecule has 1 heterocycles. The zero-order valence-electron chi connectivity index (χ0n) is 11.7. The molecule has 1 N–H and O–H groups in total. The van der Waals surface area contributed by atoms with Crippen LogP contribution in [0.5, 0.6) is 0 Å². The fraction of sp³-hybridized carbons (Fsp3) is 0.733. The Morgan fingerprint density at radius 1 is 1.30 bits per heavy atom. The van der Waals surface area contributed by atoms with Crippen LogP contribution in [0.3, 0.4) is 0 Å². The molecule has 0 spiro atoms. The summed E-state index contributed by atoms with van der Waals surface area (Å²) in [5.41, 5.74) is 0.671. The van der Waals surface area contributed by atoms with Gasteiger partial charge in [-0.2, -0.15) is 0 Å². The first-order valence-electron chi connectivity index (χ1n) is 7.48. The van der Waals surface area contributed by atoms with E-state index >= 15 is 0 Å². The summed E-state index contributed by atoms with van der Waals surface area (Å²) in [6.45, 7) is 0. The van der Waals surface area contributed by atoms with Gasteiger partial charge in [0.15, 0.2) is 10.8 Å². The monoisotopic (exact) mass is 292 g/mol. The van der Waals surface area contributed by atoms with Crippen molar-refractivity contribution in [3.63, 3.8) is 0 Å². The Hall–Kier alpha value is -1.10. The van der Waals surface area contributed by atoms with Crippen molar-refractivity contribution in [2.45, 2.75) is 44.1 Å². The van der Waals surface area contributed by atoms with Crippen molar-refractivity contribution in [1.29, 1.82) is 0 Å². The second-order valence-corrected chi connectivity index (χ2v) is 7.71. The summed E-state index contributed by atoms with van der Waals surface area (Å²) in [5, 5.41) is 6.35. The number of nitrogens with zero attached hydrogens (tertiary/aromatic N) is 1. The van der Waals surface area contributed by atoms with Gasteiger partial charge in [0.1, 0.15) is 0 Å². The summed E-state index contributed by atoms with van der Waals surface area (Å²) < 4.78 is 4.72. The van der Waals surface area contributed by atoms with E-state index in [9.17, 15) is 4.79 Å². The van der Waals surface area contributed by atoms with Crippen molar-refractivity contribution >= 4 is 22.4 Å². The highest BCUT2D eigenvalue weighted by atomic mass is 32.1. The van der Waals surface area contributed by atoms with E-state index in [0.717, 1.165) is 22.9 Å². The molecule has 1 aromatic heterocycles. The van der Waals surface area contributed by atoms with E-state index in [0.29, 0.717) is 5.69 Å². The summed E-state index contributed by atoms with van der Waals surface area (Å²) in [6, 6.07) is 0. The third-order valence-electron chi connectivity index (χ3n) is 5.31. The highest BCUT2D eigenvalue weighted by Gasteiger charge is 2.51. The highest BCUT2D eigenvalue weighted by Crippen LogP contribution is 2.56. The van der Waals surface area contributed by atoms with Crippen LogP contribution in [-0.2, 0) is 4.74 Å². The summed E-state index contributed by atoms with van der Waals surface area (Å²) >= 11 is 1.52. The van der Waals surface area contributed by atoms with E-state index in [1.165, 1.54) is 57.0 Å². The average molecular weight is 292 g/mol. The fourth-order valence-electron chi connectivity index (χ4n) is 5.02. The molecule has 4 aliphatic rings. The number of thiazole rings is 1. The van der Waals surface area contributed by atoms with E-state index < -0.39 is 0 Å². The number of hydrogen-bond donors (Lipinski definition) is 1. The van der Waals surface area contributed by atoms with Crippen LogP contribution in [0.4, 0.5) is 5.13 Å². The molecule has 0 amide bonds. The molecule has 20 heavy (non-hydrogen) atoms. The molecular formula is C15H20N2O2S. The first-order chi connectivity index (χ1) is 9.66. The van der Waals surface area contributed by atoms with E-state index in [1.807, 2.05) is 0 Å². The van der Waals surface area contributed by atoms with Crippen molar-refractivity contribution in [2.75, 3.05) is 12.4 Å². The number of nitrogens with one attached hydrogen (secondary N) is 1. The molecule has 1 aromatic rings. The molecule has 0 atom stereocenters. The number of aromatic nitrogens is 1. The van der Waals surface area contributed by atoms with Gasteiger partial charge in [-0.25, -0.2) is 9.78 Å². The van der Waals surface area contributed by atoms with Crippen molar-refractivity contribution in [1.82, 2.24) is 4.98 Å². The van der Waals surface area contributed by atoms with Crippen LogP contribution in [0.1, 0.15) is 49.0 Å². The van der Waals surface area contributed by atoms with Crippen LogP contribution in [0.2, 0.25) is 0 Å². The fourth-order valence-corrected chi connectivity index (χ4v) is 5.82. The van der Waals surface area contributed by atoms with Crippen LogP contribution in [-0.4, -0.2) is 23.6 Å². The zero-order chi connectivity index (χ0) is 13.7. The largest absolute Gasteiger partial charge is 0.464 e. The molecule has 4 bridgehead atoms. The predicted molar refractivity (Wildman–Crippen MR) is 78.0 cm³/mol. The van der Waals surface area contributed by atoms with Gasteiger partial charge >= 0.3 is 5.97 Å². The standard InChI is InChI=1S/C15H20N2O2S/c1-19-13(18)12-8-20-14(16-12)17-15-5-9-2-10(6-15)4-11(3-9)7-15/h8-11H,2-7H2,1H3,(H,16,17). The van der Waals surface area contributed by atoms with Gasteiger partial charge in [-0.3, -0.25) is 0 Å². The molecule has 4 aliphatic carbocycles. The Kier molecular flexibility index (Phi) is 2.81. The Morgan fingerprint density at radius 3 is 2.45 bits per heavy atom. The normalized spacial score (nSPS) is 38.0. The van der Waals surface area contributed by atoms with Crippen LogP contribution in [0.25, 0.3) is 0 Å². The Labute approximate surface area is 122 Å². The van der Waals surface area contributed by atoms with Crippen LogP contribution >= 0.6 is 11.3 Å². The first kappa shape index (κ1) is 12.6. The number of carbonyl (C=O) groups excluding carboxylic acids is 1. The number of rotatable bonds is 3. The Morgan fingerprint density at radius 2 is 1.90 bits per heavy atom. The van der Waals surface area contributed by atoms with Gasteiger partial charge in [0.05, 0.1) is 7.11 Å². The van der Waals surface area contributed by atoms with Crippen LogP contribution in [0, 0.1) is 17.8 Å². The summed E-state index contributed by atoms with van der Waals surface area (Å²) in [6.07, 6.45) is 8.16. The molecule has 0 aliphatic heterocycles. The van der Waals surface area contributed by atoms with Crippen molar-refractivity contribution in [3.8, 4) is 0 Å². The zero-order valence-corrected chi connectivity index (χ0v) is 12.5. The minimum Gasteiger partial charge on any atom is -0.464 e. The molecular weight excluding hydrogens is 272 g/mol. The van der Waals surface area contributed by atoms with Gasteiger partial charge in [0.25, 0.3) is 0 Å². The number of esters is 1. The summed E-state index contributed by atoms with van der Waals surface area (Å²) in [5.74, 6) is 2.39. The molecule has 5 rings (SSSR count). The number of methoxy groups -OCH3 is 1. The second-order valence-electron chi connectivity index (χ2n) is 6.85. The molecule has 0 unspecified atom stereocenters. The minimum absolute atomic E-state index is 0.250. The maximum atomic E-state index is 11.5. The molecule has 0 aromatic carbocycles. The van der Waals surface area contributed by atoms with E-state index in [1.54, 1.807) is 5.38 Å². The maximum absolute atomic E-state index is 11.5. The van der Waals surface area contributed by atoms with Gasteiger partial charge in [-0.1, -0.05) is 0 Å². The molecule has 0 saturated heterocycles. The van der Waals surface area contributed by atoms with E-state index in [4.69, 9.17) is 4.74 Å². The molecule has 4 nitrogen and oxygen atoms in total. The lowest BCUT2D eigenvalue weighted by atomic mass is 9.53. The van der Waals surface area contributed by atoms with Crippen molar-refractivity contribution in [2.24, 2.45) is 17.8 Å². The van der Waals surface area contributed by atoms with E-state index in [2.05, 4.69) is 10.3 Å². The quantitative estimate of drug-likeness (QED) is 0.868. The molecule has 5 heteroatoms. The Bertz CT molecular complexity index is 504. The van der Waals surface area contributed by atoms with Gasteiger partial charge in [0, 0.05) is 10.9 Å². The van der Waals surface area contributed by atoms with E-state index in [-0.39, 0.29) is 11.5 Å². The maximum Gasteiger partial charge on any atom is 0.357 e. The molecule has 0 radical (unpaired) electrons.